The third kappa shape index (κ3) is 3.90. The average Bonchev–Trinajstić information content (AvgIpc) is 3.37. The molecule has 2 aromatic rings. The predicted molar refractivity (Wildman–Crippen MR) is 123 cm³/mol. The Morgan fingerprint density at radius 2 is 1.75 bits per heavy atom. The lowest BCUT2D eigenvalue weighted by Crippen LogP contribution is -2.63. The molecule has 5 rings (SSSR count). The Kier molecular flexibility index (Phi) is 5.91. The molecule has 13 heteroatoms. The number of carbonyl (C=O) groups excluding carboxylic acids is 1. The number of carbonyl (C=O) groups is 1. The van der Waals surface area contributed by atoms with E-state index in [2.05, 4.69) is 4.40 Å². The zero-order valence-electron chi connectivity index (χ0n) is 18.4. The van der Waals surface area contributed by atoms with E-state index in [4.69, 9.17) is 27.9 Å². The Hall–Kier alpha value is -1.95. The van der Waals surface area contributed by atoms with Crippen molar-refractivity contribution in [1.29, 1.82) is 0 Å². The van der Waals surface area contributed by atoms with Gasteiger partial charge in [0.25, 0.3) is 5.91 Å². The summed E-state index contributed by atoms with van der Waals surface area (Å²) in [5.41, 5.74) is 0.727. The van der Waals surface area contributed by atoms with Crippen LogP contribution in [0.15, 0.2) is 34.7 Å². The van der Waals surface area contributed by atoms with Gasteiger partial charge in [-0.15, -0.1) is 0 Å². The van der Waals surface area contributed by atoms with Crippen LogP contribution in [-0.2, 0) is 26.5 Å². The molecule has 0 radical (unpaired) electrons. The molecule has 3 aliphatic rings. The summed E-state index contributed by atoms with van der Waals surface area (Å²) in [6.45, 7) is 0.566. The van der Waals surface area contributed by atoms with Crippen molar-refractivity contribution < 1.29 is 35.9 Å². The Bertz CT molecular complexity index is 1280. The highest BCUT2D eigenvalue weighted by atomic mass is 35.5. The summed E-state index contributed by atoms with van der Waals surface area (Å²) in [5.74, 6) is -5.78. The SMILES string of the molecule is CC(F)(F)C(=O)N1CC2(C1)OCc1cc(C3=NSC(c4cc(Cl)c(F)c(Cl)c4)(C(F)(F)F)C3)ccc12. The van der Waals surface area contributed by atoms with E-state index in [0.717, 1.165) is 17.0 Å². The van der Waals surface area contributed by atoms with Crippen LogP contribution in [0, 0.1) is 5.82 Å². The second-order valence-corrected chi connectivity index (χ2v) is 11.0. The van der Waals surface area contributed by atoms with Gasteiger partial charge in [0.2, 0.25) is 0 Å². The Labute approximate surface area is 215 Å². The van der Waals surface area contributed by atoms with Gasteiger partial charge in [-0.05, 0) is 52.4 Å². The molecule has 0 N–H and O–H groups in total. The highest BCUT2D eigenvalue weighted by molar-refractivity contribution is 7.99. The first kappa shape index (κ1) is 25.7. The topological polar surface area (TPSA) is 41.9 Å². The van der Waals surface area contributed by atoms with Gasteiger partial charge in [0.05, 0.1) is 35.5 Å². The molecule has 1 amide bonds. The molecular weight excluding hydrogens is 553 g/mol. The van der Waals surface area contributed by atoms with E-state index in [9.17, 15) is 31.1 Å². The van der Waals surface area contributed by atoms with Gasteiger partial charge >= 0.3 is 12.1 Å². The third-order valence-corrected chi connectivity index (χ3v) is 8.41. The fourth-order valence-electron chi connectivity index (χ4n) is 4.73. The normalized spacial score (nSPS) is 23.0. The minimum Gasteiger partial charge on any atom is -0.362 e. The quantitative estimate of drug-likeness (QED) is 0.236. The molecule has 0 aromatic heterocycles. The van der Waals surface area contributed by atoms with Crippen LogP contribution in [0.5, 0.6) is 0 Å². The second-order valence-electron chi connectivity index (χ2n) is 9.09. The number of rotatable bonds is 3. The van der Waals surface area contributed by atoms with E-state index in [0.29, 0.717) is 35.6 Å². The first-order chi connectivity index (χ1) is 16.7. The maximum Gasteiger partial charge on any atom is 0.409 e. The number of hydrogen-bond acceptors (Lipinski definition) is 4. The maximum atomic E-state index is 14.3. The number of nitrogens with zero attached hydrogens (tertiary/aromatic N) is 2. The molecule has 3 aliphatic heterocycles. The monoisotopic (exact) mass is 568 g/mol. The number of ether oxygens (including phenoxy) is 1. The van der Waals surface area contributed by atoms with Crippen molar-refractivity contribution in [2.24, 2.45) is 4.40 Å². The van der Waals surface area contributed by atoms with Crippen molar-refractivity contribution in [1.82, 2.24) is 4.90 Å². The van der Waals surface area contributed by atoms with Gasteiger partial charge in [0.15, 0.2) is 10.6 Å². The molecule has 36 heavy (non-hydrogen) atoms. The van der Waals surface area contributed by atoms with Crippen LogP contribution in [0.3, 0.4) is 0 Å². The zero-order valence-corrected chi connectivity index (χ0v) is 20.7. The van der Waals surface area contributed by atoms with Gasteiger partial charge < -0.3 is 9.64 Å². The van der Waals surface area contributed by atoms with E-state index in [1.54, 1.807) is 18.2 Å². The van der Waals surface area contributed by atoms with Gasteiger partial charge in [-0.1, -0.05) is 35.3 Å². The fourth-order valence-corrected chi connectivity index (χ4v) is 6.18. The lowest BCUT2D eigenvalue weighted by Gasteiger charge is -2.48. The fraction of sp³-hybridized carbons (Fsp3) is 0.391. The first-order valence-electron chi connectivity index (χ1n) is 10.6. The van der Waals surface area contributed by atoms with Crippen LogP contribution in [-0.4, -0.2) is 41.7 Å². The van der Waals surface area contributed by atoms with Gasteiger partial charge in [-0.3, -0.25) is 4.79 Å². The number of amides is 1. The summed E-state index contributed by atoms with van der Waals surface area (Å²) < 4.78 is 91.0. The minimum atomic E-state index is -4.76. The number of benzene rings is 2. The summed E-state index contributed by atoms with van der Waals surface area (Å²) in [6, 6.07) is 6.72. The summed E-state index contributed by atoms with van der Waals surface area (Å²) in [5, 5.41) is -1.05. The molecule has 0 bridgehead atoms. The lowest BCUT2D eigenvalue weighted by molar-refractivity contribution is -0.187. The highest BCUT2D eigenvalue weighted by Gasteiger charge is 2.60. The lowest BCUT2D eigenvalue weighted by atomic mass is 9.83. The molecular formula is C23H16Cl2F6N2O2S. The number of alkyl halides is 5. The standard InChI is InChI=1S/C23H16Cl2F6N2O2S/c1-20(27,28)19(34)33-9-21(10-33)14-3-2-11(4-12(14)8-35-21)17-7-22(36-32-17,23(29,30)31)13-5-15(24)18(26)16(25)6-13/h2-6H,7-10H2,1H3. The molecule has 1 unspecified atom stereocenters. The molecule has 0 saturated carbocycles. The maximum absolute atomic E-state index is 14.3. The van der Waals surface area contributed by atoms with E-state index in [1.807, 2.05) is 0 Å². The highest BCUT2D eigenvalue weighted by Crippen LogP contribution is 2.57. The van der Waals surface area contributed by atoms with Crippen LogP contribution >= 0.6 is 35.1 Å². The third-order valence-electron chi connectivity index (χ3n) is 6.62. The molecule has 1 spiro atoms. The van der Waals surface area contributed by atoms with Crippen LogP contribution in [0.2, 0.25) is 10.0 Å². The van der Waals surface area contributed by atoms with Crippen molar-refractivity contribution >= 4 is 46.8 Å². The van der Waals surface area contributed by atoms with Crippen LogP contribution in [0.1, 0.15) is 35.6 Å². The molecule has 192 valence electrons. The zero-order chi connectivity index (χ0) is 26.3. The van der Waals surface area contributed by atoms with Crippen LogP contribution in [0.4, 0.5) is 26.3 Å². The van der Waals surface area contributed by atoms with Crippen LogP contribution < -0.4 is 0 Å². The van der Waals surface area contributed by atoms with Gasteiger partial charge in [0.1, 0.15) is 5.60 Å². The van der Waals surface area contributed by atoms with Crippen molar-refractivity contribution in [3.8, 4) is 0 Å². The Balaban J connectivity index is 1.41. The van der Waals surface area contributed by atoms with Crippen molar-refractivity contribution in [2.45, 2.75) is 42.4 Å². The van der Waals surface area contributed by atoms with Crippen molar-refractivity contribution in [3.63, 3.8) is 0 Å². The summed E-state index contributed by atoms with van der Waals surface area (Å²) in [4.78, 5) is 12.8. The first-order valence-corrected chi connectivity index (χ1v) is 12.1. The smallest absolute Gasteiger partial charge is 0.362 e. The number of halogens is 8. The van der Waals surface area contributed by atoms with E-state index >= 15 is 0 Å². The molecule has 1 saturated heterocycles. The summed E-state index contributed by atoms with van der Waals surface area (Å²) in [6.07, 6.45) is -5.31. The van der Waals surface area contributed by atoms with E-state index in [1.165, 1.54) is 0 Å². The van der Waals surface area contributed by atoms with Gasteiger partial charge in [0, 0.05) is 13.3 Å². The largest absolute Gasteiger partial charge is 0.409 e. The number of likely N-dealkylation sites (tertiary alicyclic amines) is 1. The Morgan fingerprint density at radius 1 is 1.11 bits per heavy atom. The average molecular weight is 569 g/mol. The molecule has 3 heterocycles. The van der Waals surface area contributed by atoms with E-state index < -0.39 is 50.6 Å². The van der Waals surface area contributed by atoms with Gasteiger partial charge in [-0.2, -0.15) is 22.0 Å². The molecule has 1 atom stereocenters. The number of hydrogen-bond donors (Lipinski definition) is 0. The predicted octanol–water partition coefficient (Wildman–Crippen LogP) is 6.65. The molecule has 0 aliphatic carbocycles. The second kappa shape index (κ2) is 8.28. The molecule has 1 fully saturated rings. The van der Waals surface area contributed by atoms with Crippen molar-refractivity contribution in [2.75, 3.05) is 13.1 Å². The van der Waals surface area contributed by atoms with E-state index in [-0.39, 0.29) is 31.0 Å². The summed E-state index contributed by atoms with van der Waals surface area (Å²) >= 11 is 11.9. The van der Waals surface area contributed by atoms with Gasteiger partial charge in [-0.25, -0.2) is 8.79 Å². The minimum absolute atomic E-state index is 0.0400. The number of fused-ring (bicyclic) bond motifs is 2. The molecule has 4 nitrogen and oxygen atoms in total. The molecule has 2 aromatic carbocycles. The van der Waals surface area contributed by atoms with Crippen molar-refractivity contribution in [3.05, 3.63) is 68.4 Å². The van der Waals surface area contributed by atoms with Crippen LogP contribution in [0.25, 0.3) is 0 Å². The Morgan fingerprint density at radius 3 is 2.33 bits per heavy atom. The summed E-state index contributed by atoms with van der Waals surface area (Å²) in [7, 11) is 0.